The fourth-order valence-electron chi connectivity index (χ4n) is 2.15. The van der Waals surface area contributed by atoms with E-state index in [2.05, 4.69) is 0 Å². The number of ether oxygens (including phenoxy) is 3. The number of benzene rings is 2. The fourth-order valence-corrected chi connectivity index (χ4v) is 2.15. The van der Waals surface area contributed by atoms with Gasteiger partial charge < -0.3 is 14.2 Å². The summed E-state index contributed by atoms with van der Waals surface area (Å²) in [6.45, 7) is 1.28. The Balaban J connectivity index is 1.67. The van der Waals surface area contributed by atoms with Gasteiger partial charge in [-0.2, -0.15) is 0 Å². The standard InChI is InChI=1S/C17H16O4/c18-17(21-16-12-19-10-11-20-16)15-8-6-14(7-9-15)13-4-2-1-3-5-13/h1-9,16H,10-12H2. The molecule has 1 aliphatic rings. The molecule has 0 spiro atoms. The molecule has 1 fully saturated rings. The molecule has 0 amide bonds. The molecule has 0 N–H and O–H groups in total. The van der Waals surface area contributed by atoms with Crippen LogP contribution >= 0.6 is 0 Å². The summed E-state index contributed by atoms with van der Waals surface area (Å²) in [5.41, 5.74) is 2.68. The summed E-state index contributed by atoms with van der Waals surface area (Å²) in [7, 11) is 0. The molecular weight excluding hydrogens is 268 g/mol. The predicted molar refractivity (Wildman–Crippen MR) is 77.9 cm³/mol. The molecule has 1 atom stereocenters. The summed E-state index contributed by atoms with van der Waals surface area (Å²) in [5, 5.41) is 0. The molecule has 1 aliphatic heterocycles. The molecule has 2 aromatic carbocycles. The first-order valence-corrected chi connectivity index (χ1v) is 6.89. The number of rotatable bonds is 3. The molecule has 0 bridgehead atoms. The van der Waals surface area contributed by atoms with Crippen molar-refractivity contribution >= 4 is 5.97 Å². The highest BCUT2D eigenvalue weighted by atomic mass is 16.7. The molecule has 0 saturated carbocycles. The number of hydrogen-bond acceptors (Lipinski definition) is 4. The van der Waals surface area contributed by atoms with E-state index >= 15 is 0 Å². The lowest BCUT2D eigenvalue weighted by molar-refractivity contribution is -0.186. The number of esters is 1. The quantitative estimate of drug-likeness (QED) is 0.813. The monoisotopic (exact) mass is 284 g/mol. The fraction of sp³-hybridized carbons (Fsp3) is 0.235. The summed E-state index contributed by atoms with van der Waals surface area (Å²) in [6.07, 6.45) is -0.611. The smallest absolute Gasteiger partial charge is 0.340 e. The Labute approximate surface area is 123 Å². The molecule has 0 radical (unpaired) electrons. The van der Waals surface area contributed by atoms with Crippen LogP contribution in [0.25, 0.3) is 11.1 Å². The largest absolute Gasteiger partial charge is 0.430 e. The van der Waals surface area contributed by atoms with Crippen LogP contribution in [0.5, 0.6) is 0 Å². The zero-order chi connectivity index (χ0) is 14.5. The van der Waals surface area contributed by atoms with Gasteiger partial charge in [-0.1, -0.05) is 42.5 Å². The molecule has 4 nitrogen and oxygen atoms in total. The molecule has 2 aromatic rings. The van der Waals surface area contributed by atoms with E-state index in [0.29, 0.717) is 18.8 Å². The third kappa shape index (κ3) is 3.48. The summed E-state index contributed by atoms with van der Waals surface area (Å²) >= 11 is 0. The SMILES string of the molecule is O=C(OC1COCCO1)c1ccc(-c2ccccc2)cc1. The first-order valence-electron chi connectivity index (χ1n) is 6.89. The Hall–Kier alpha value is -2.17. The van der Waals surface area contributed by atoms with Gasteiger partial charge in [0.15, 0.2) is 0 Å². The van der Waals surface area contributed by atoms with Gasteiger partial charge in [-0.05, 0) is 23.3 Å². The Morgan fingerprint density at radius 1 is 0.952 bits per heavy atom. The second-order valence-corrected chi connectivity index (χ2v) is 4.72. The first kappa shape index (κ1) is 13.8. The van der Waals surface area contributed by atoms with Gasteiger partial charge in [-0.3, -0.25) is 0 Å². The molecule has 0 aromatic heterocycles. The van der Waals surface area contributed by atoms with Crippen molar-refractivity contribution in [2.45, 2.75) is 6.29 Å². The van der Waals surface area contributed by atoms with E-state index in [9.17, 15) is 4.79 Å². The Morgan fingerprint density at radius 2 is 1.67 bits per heavy atom. The molecule has 108 valence electrons. The molecule has 21 heavy (non-hydrogen) atoms. The van der Waals surface area contributed by atoms with E-state index in [1.54, 1.807) is 12.1 Å². The van der Waals surface area contributed by atoms with E-state index in [1.807, 2.05) is 42.5 Å². The van der Waals surface area contributed by atoms with Crippen molar-refractivity contribution in [3.8, 4) is 11.1 Å². The van der Waals surface area contributed by atoms with Crippen molar-refractivity contribution in [1.29, 1.82) is 0 Å². The van der Waals surface area contributed by atoms with Crippen LogP contribution in [-0.2, 0) is 14.2 Å². The van der Waals surface area contributed by atoms with Gasteiger partial charge in [0.1, 0.15) is 6.61 Å². The summed E-state index contributed by atoms with van der Waals surface area (Å²) in [6, 6.07) is 17.3. The van der Waals surface area contributed by atoms with Crippen LogP contribution in [0, 0.1) is 0 Å². The highest BCUT2D eigenvalue weighted by molar-refractivity contribution is 5.90. The van der Waals surface area contributed by atoms with Crippen LogP contribution in [0.3, 0.4) is 0 Å². The van der Waals surface area contributed by atoms with Crippen molar-refractivity contribution in [1.82, 2.24) is 0 Å². The maximum absolute atomic E-state index is 12.0. The molecule has 3 rings (SSSR count). The summed E-state index contributed by atoms with van der Waals surface area (Å²) in [5.74, 6) is -0.398. The highest BCUT2D eigenvalue weighted by Gasteiger charge is 2.19. The average molecular weight is 284 g/mol. The van der Waals surface area contributed by atoms with E-state index in [0.717, 1.165) is 11.1 Å². The lowest BCUT2D eigenvalue weighted by Gasteiger charge is -2.22. The Kier molecular flexibility index (Phi) is 4.28. The van der Waals surface area contributed by atoms with Gasteiger partial charge in [-0.25, -0.2) is 4.79 Å². The van der Waals surface area contributed by atoms with Gasteiger partial charge in [-0.15, -0.1) is 0 Å². The normalized spacial score (nSPS) is 18.2. The van der Waals surface area contributed by atoms with Crippen molar-refractivity contribution in [3.05, 3.63) is 60.2 Å². The number of carbonyl (C=O) groups excluding carboxylic acids is 1. The van der Waals surface area contributed by atoms with E-state index in [4.69, 9.17) is 14.2 Å². The molecule has 1 heterocycles. The molecule has 0 aliphatic carbocycles. The maximum atomic E-state index is 12.0. The second-order valence-electron chi connectivity index (χ2n) is 4.72. The second kappa shape index (κ2) is 6.52. The van der Waals surface area contributed by atoms with E-state index < -0.39 is 12.3 Å². The minimum Gasteiger partial charge on any atom is -0.430 e. The predicted octanol–water partition coefficient (Wildman–Crippen LogP) is 2.88. The highest BCUT2D eigenvalue weighted by Crippen LogP contribution is 2.19. The van der Waals surface area contributed by atoms with Crippen molar-refractivity contribution in [2.24, 2.45) is 0 Å². The van der Waals surface area contributed by atoms with Gasteiger partial charge in [0.25, 0.3) is 0 Å². The van der Waals surface area contributed by atoms with Gasteiger partial charge >= 0.3 is 5.97 Å². The van der Waals surface area contributed by atoms with Crippen LogP contribution in [-0.4, -0.2) is 32.1 Å². The minimum absolute atomic E-state index is 0.286. The lowest BCUT2D eigenvalue weighted by Crippen LogP contribution is -2.32. The van der Waals surface area contributed by atoms with Crippen molar-refractivity contribution < 1.29 is 19.0 Å². The van der Waals surface area contributed by atoms with Gasteiger partial charge in [0.2, 0.25) is 6.29 Å². The molecule has 4 heteroatoms. The van der Waals surface area contributed by atoms with Crippen LogP contribution < -0.4 is 0 Å². The first-order chi connectivity index (χ1) is 10.3. The van der Waals surface area contributed by atoms with E-state index in [-0.39, 0.29) is 6.61 Å². The third-order valence-corrected chi connectivity index (χ3v) is 3.25. The molecule has 1 saturated heterocycles. The van der Waals surface area contributed by atoms with Crippen molar-refractivity contribution in [3.63, 3.8) is 0 Å². The Bertz CT molecular complexity index is 586. The third-order valence-electron chi connectivity index (χ3n) is 3.25. The van der Waals surface area contributed by atoms with Crippen LogP contribution in [0.4, 0.5) is 0 Å². The maximum Gasteiger partial charge on any atom is 0.340 e. The van der Waals surface area contributed by atoms with E-state index in [1.165, 1.54) is 0 Å². The lowest BCUT2D eigenvalue weighted by atomic mass is 10.0. The van der Waals surface area contributed by atoms with Crippen molar-refractivity contribution in [2.75, 3.05) is 19.8 Å². The molecular formula is C17H16O4. The van der Waals surface area contributed by atoms with Crippen LogP contribution in [0.15, 0.2) is 54.6 Å². The topological polar surface area (TPSA) is 44.8 Å². The number of carbonyl (C=O) groups is 1. The average Bonchev–Trinajstić information content (AvgIpc) is 2.57. The van der Waals surface area contributed by atoms with Gasteiger partial charge in [0, 0.05) is 0 Å². The minimum atomic E-state index is -0.611. The summed E-state index contributed by atoms with van der Waals surface area (Å²) < 4.78 is 15.7. The van der Waals surface area contributed by atoms with Crippen LogP contribution in [0.1, 0.15) is 10.4 Å². The number of hydrogen-bond donors (Lipinski definition) is 0. The zero-order valence-electron chi connectivity index (χ0n) is 11.5. The summed E-state index contributed by atoms with van der Waals surface area (Å²) in [4.78, 5) is 12.0. The zero-order valence-corrected chi connectivity index (χ0v) is 11.5. The Morgan fingerprint density at radius 3 is 2.33 bits per heavy atom. The van der Waals surface area contributed by atoms with Gasteiger partial charge in [0.05, 0.1) is 18.8 Å². The van der Waals surface area contributed by atoms with Crippen LogP contribution in [0.2, 0.25) is 0 Å². The molecule has 1 unspecified atom stereocenters.